The largest absolute Gasteiger partial charge is 0.492 e. The van der Waals surface area contributed by atoms with E-state index in [-0.39, 0.29) is 18.4 Å². The van der Waals surface area contributed by atoms with E-state index >= 15 is 0 Å². The van der Waals surface area contributed by atoms with Crippen LogP contribution in [0.4, 0.5) is 5.69 Å². The molecule has 19 heavy (non-hydrogen) atoms. The van der Waals surface area contributed by atoms with Gasteiger partial charge in [-0.2, -0.15) is 0 Å². The van der Waals surface area contributed by atoms with Gasteiger partial charge in [0.1, 0.15) is 12.4 Å². The van der Waals surface area contributed by atoms with E-state index in [2.05, 4.69) is 11.6 Å². The van der Waals surface area contributed by atoms with Gasteiger partial charge in [0.2, 0.25) is 10.0 Å². The smallest absolute Gasteiger partial charge is 0.215 e. The van der Waals surface area contributed by atoms with Crippen LogP contribution in [-0.4, -0.2) is 26.8 Å². The van der Waals surface area contributed by atoms with Crippen LogP contribution in [-0.2, 0) is 10.0 Å². The van der Waals surface area contributed by atoms with Crippen molar-refractivity contribution in [2.45, 2.75) is 25.8 Å². The maximum Gasteiger partial charge on any atom is 0.215 e. The van der Waals surface area contributed by atoms with Gasteiger partial charge in [0, 0.05) is 17.8 Å². The Kier molecular flexibility index (Phi) is 4.31. The fraction of sp³-hybridized carbons (Fsp3) is 0.538. The van der Waals surface area contributed by atoms with E-state index in [9.17, 15) is 8.42 Å². The van der Waals surface area contributed by atoms with Crippen molar-refractivity contribution in [2.75, 3.05) is 18.1 Å². The Morgan fingerprint density at radius 3 is 2.79 bits per heavy atom. The number of benzene rings is 1. The van der Waals surface area contributed by atoms with Gasteiger partial charge in [0.25, 0.3) is 0 Å². The number of rotatable bonds is 6. The Morgan fingerprint density at radius 2 is 2.16 bits per heavy atom. The minimum absolute atomic E-state index is 0.0350. The zero-order chi connectivity index (χ0) is 13.9. The van der Waals surface area contributed by atoms with E-state index in [1.807, 2.05) is 0 Å². The standard InChI is InChI=1S/C13H20N2O3S/c1-10-7-12(8-10)15-19(16,17)6-5-18-13-4-2-3-11(14)9-13/h2-4,9-10,12,15H,5-8,14H2,1H3. The topological polar surface area (TPSA) is 81.4 Å². The molecule has 1 aromatic rings. The van der Waals surface area contributed by atoms with Crippen molar-refractivity contribution < 1.29 is 13.2 Å². The Hall–Kier alpha value is -1.27. The molecule has 5 nitrogen and oxygen atoms in total. The van der Waals surface area contributed by atoms with E-state index in [1.54, 1.807) is 24.3 Å². The van der Waals surface area contributed by atoms with E-state index in [4.69, 9.17) is 10.5 Å². The number of ether oxygens (including phenoxy) is 1. The number of anilines is 1. The fourth-order valence-electron chi connectivity index (χ4n) is 2.19. The van der Waals surface area contributed by atoms with Crippen LogP contribution in [0.2, 0.25) is 0 Å². The minimum Gasteiger partial charge on any atom is -0.492 e. The van der Waals surface area contributed by atoms with Crippen LogP contribution >= 0.6 is 0 Å². The molecule has 0 amide bonds. The lowest BCUT2D eigenvalue weighted by Gasteiger charge is -2.32. The molecule has 0 atom stereocenters. The molecule has 6 heteroatoms. The first kappa shape index (κ1) is 14.1. The SMILES string of the molecule is CC1CC(NS(=O)(=O)CCOc2cccc(N)c2)C1. The summed E-state index contributed by atoms with van der Waals surface area (Å²) >= 11 is 0. The van der Waals surface area contributed by atoms with Gasteiger partial charge in [-0.1, -0.05) is 13.0 Å². The second-order valence-electron chi connectivity index (χ2n) is 5.13. The van der Waals surface area contributed by atoms with Gasteiger partial charge in [-0.3, -0.25) is 0 Å². The van der Waals surface area contributed by atoms with Crippen molar-refractivity contribution in [1.82, 2.24) is 4.72 Å². The number of sulfonamides is 1. The monoisotopic (exact) mass is 284 g/mol. The molecule has 106 valence electrons. The summed E-state index contributed by atoms with van der Waals surface area (Å²) in [4.78, 5) is 0. The molecule has 1 aromatic carbocycles. The highest BCUT2D eigenvalue weighted by Crippen LogP contribution is 2.26. The lowest BCUT2D eigenvalue weighted by atomic mass is 9.83. The quantitative estimate of drug-likeness (QED) is 0.773. The second kappa shape index (κ2) is 5.79. The summed E-state index contributed by atoms with van der Waals surface area (Å²) in [5, 5.41) is 0. The lowest BCUT2D eigenvalue weighted by Crippen LogP contribution is -2.44. The molecular formula is C13H20N2O3S. The Morgan fingerprint density at radius 1 is 1.42 bits per heavy atom. The van der Waals surface area contributed by atoms with Crippen molar-refractivity contribution in [1.29, 1.82) is 0 Å². The summed E-state index contributed by atoms with van der Waals surface area (Å²) in [6, 6.07) is 7.06. The molecule has 0 radical (unpaired) electrons. The van der Waals surface area contributed by atoms with Gasteiger partial charge in [-0.15, -0.1) is 0 Å². The van der Waals surface area contributed by atoms with Crippen LogP contribution in [0.3, 0.4) is 0 Å². The maximum atomic E-state index is 11.8. The third-order valence-corrected chi connectivity index (χ3v) is 4.60. The molecule has 3 N–H and O–H groups in total. The zero-order valence-electron chi connectivity index (χ0n) is 11.0. The van der Waals surface area contributed by atoms with E-state index in [1.165, 1.54) is 0 Å². The molecule has 0 saturated heterocycles. The molecule has 0 spiro atoms. The van der Waals surface area contributed by atoms with Crippen molar-refractivity contribution in [3.05, 3.63) is 24.3 Å². The molecular weight excluding hydrogens is 264 g/mol. The highest BCUT2D eigenvalue weighted by molar-refractivity contribution is 7.89. The van der Waals surface area contributed by atoms with E-state index < -0.39 is 10.0 Å². The van der Waals surface area contributed by atoms with Gasteiger partial charge in [0.15, 0.2) is 0 Å². The number of hydrogen-bond donors (Lipinski definition) is 2. The van der Waals surface area contributed by atoms with Crippen molar-refractivity contribution in [3.63, 3.8) is 0 Å². The van der Waals surface area contributed by atoms with Gasteiger partial charge in [-0.25, -0.2) is 13.1 Å². The summed E-state index contributed by atoms with van der Waals surface area (Å²) in [5.74, 6) is 1.18. The molecule has 0 unspecified atom stereocenters. The van der Waals surface area contributed by atoms with Crippen LogP contribution in [0.25, 0.3) is 0 Å². The molecule has 1 aliphatic rings. The normalized spacial score (nSPS) is 22.8. The van der Waals surface area contributed by atoms with Crippen molar-refractivity contribution in [2.24, 2.45) is 5.92 Å². The van der Waals surface area contributed by atoms with Crippen LogP contribution < -0.4 is 15.2 Å². The minimum atomic E-state index is -3.25. The maximum absolute atomic E-state index is 11.8. The summed E-state index contributed by atoms with van der Waals surface area (Å²) in [6.07, 6.45) is 1.85. The average Bonchev–Trinajstić information content (AvgIpc) is 2.26. The first-order valence-electron chi connectivity index (χ1n) is 6.43. The highest BCUT2D eigenvalue weighted by atomic mass is 32.2. The fourth-order valence-corrected chi connectivity index (χ4v) is 3.31. The van der Waals surface area contributed by atoms with Crippen molar-refractivity contribution >= 4 is 15.7 Å². The van der Waals surface area contributed by atoms with Gasteiger partial charge >= 0.3 is 0 Å². The predicted molar refractivity (Wildman–Crippen MR) is 75.5 cm³/mol. The molecule has 0 heterocycles. The van der Waals surface area contributed by atoms with Gasteiger partial charge < -0.3 is 10.5 Å². The van der Waals surface area contributed by atoms with Crippen LogP contribution in [0, 0.1) is 5.92 Å². The molecule has 1 fully saturated rings. The Labute approximate surface area is 114 Å². The van der Waals surface area contributed by atoms with Gasteiger partial charge in [0.05, 0.1) is 5.75 Å². The van der Waals surface area contributed by atoms with Crippen molar-refractivity contribution in [3.8, 4) is 5.75 Å². The van der Waals surface area contributed by atoms with Crippen LogP contribution in [0.5, 0.6) is 5.75 Å². The third kappa shape index (κ3) is 4.40. The molecule has 0 aliphatic heterocycles. The summed E-state index contributed by atoms with van der Waals surface area (Å²) in [6.45, 7) is 2.24. The second-order valence-corrected chi connectivity index (χ2v) is 7.00. The number of nitrogen functional groups attached to an aromatic ring is 1. The number of hydrogen-bond acceptors (Lipinski definition) is 4. The molecule has 1 saturated carbocycles. The predicted octanol–water partition coefficient (Wildman–Crippen LogP) is 1.37. The number of nitrogens with two attached hydrogens (primary N) is 1. The molecule has 0 bridgehead atoms. The van der Waals surface area contributed by atoms with Crippen LogP contribution in [0.15, 0.2) is 24.3 Å². The van der Waals surface area contributed by atoms with Crippen LogP contribution in [0.1, 0.15) is 19.8 Å². The van der Waals surface area contributed by atoms with E-state index in [0.29, 0.717) is 17.4 Å². The molecule has 1 aliphatic carbocycles. The zero-order valence-corrected chi connectivity index (χ0v) is 11.8. The average molecular weight is 284 g/mol. The highest BCUT2D eigenvalue weighted by Gasteiger charge is 2.28. The first-order valence-corrected chi connectivity index (χ1v) is 8.08. The molecule has 2 rings (SSSR count). The Bertz CT molecular complexity index is 524. The Balaban J connectivity index is 1.75. The third-order valence-electron chi connectivity index (χ3n) is 3.20. The summed E-state index contributed by atoms with van der Waals surface area (Å²) < 4.78 is 31.6. The molecule has 0 aromatic heterocycles. The lowest BCUT2D eigenvalue weighted by molar-refractivity contribution is 0.269. The first-order chi connectivity index (χ1) is 8.94. The summed E-state index contributed by atoms with van der Waals surface area (Å²) in [5.41, 5.74) is 6.21. The summed E-state index contributed by atoms with van der Waals surface area (Å²) in [7, 11) is -3.25. The van der Waals surface area contributed by atoms with E-state index in [0.717, 1.165) is 12.8 Å². The van der Waals surface area contributed by atoms with Gasteiger partial charge in [-0.05, 0) is 30.9 Å². The number of nitrogens with one attached hydrogen (secondary N) is 1.